The van der Waals surface area contributed by atoms with E-state index in [1.54, 1.807) is 24.3 Å². The number of aliphatic carboxylic acids is 2. The van der Waals surface area contributed by atoms with Gasteiger partial charge in [0.2, 0.25) is 0 Å². The van der Waals surface area contributed by atoms with Gasteiger partial charge in [-0.3, -0.25) is 9.59 Å². The molecule has 10 heteroatoms. The molecule has 1 aromatic rings. The zero-order chi connectivity index (χ0) is 24.2. The van der Waals surface area contributed by atoms with Crippen LogP contribution in [-0.4, -0.2) is 70.7 Å². The highest BCUT2D eigenvalue weighted by Crippen LogP contribution is 2.09. The van der Waals surface area contributed by atoms with E-state index >= 15 is 0 Å². The fourth-order valence-electron chi connectivity index (χ4n) is 2.22. The van der Waals surface area contributed by atoms with Crippen molar-refractivity contribution in [3.8, 4) is 0 Å². The lowest BCUT2D eigenvalue weighted by Crippen LogP contribution is -2.12. The number of aliphatic hydroxyl groups excluding tert-OH is 2. The van der Waals surface area contributed by atoms with E-state index in [1.807, 2.05) is 0 Å². The minimum atomic E-state index is -0.870. The number of rotatable bonds is 8. The number of carbonyl (C=O) groups is 4. The summed E-state index contributed by atoms with van der Waals surface area (Å²) in [6.45, 7) is 1.11. The van der Waals surface area contributed by atoms with Gasteiger partial charge in [0.25, 0.3) is 0 Å². The lowest BCUT2D eigenvalue weighted by atomic mass is 10.1. The maximum Gasteiger partial charge on any atom is 0.338 e. The predicted octanol–water partition coefficient (Wildman–Crippen LogP) is 2.26. The molecule has 2 bridgehead atoms. The minimum Gasteiger partial charge on any atom is -0.481 e. The van der Waals surface area contributed by atoms with Gasteiger partial charge in [-0.25, -0.2) is 9.59 Å². The van der Waals surface area contributed by atoms with Crippen LogP contribution >= 0.6 is 0 Å². The Balaban J connectivity index is 0.000000516. The maximum absolute atomic E-state index is 11.5. The van der Waals surface area contributed by atoms with Gasteiger partial charge in [0, 0.05) is 26.1 Å². The van der Waals surface area contributed by atoms with Gasteiger partial charge < -0.3 is 29.9 Å². The van der Waals surface area contributed by atoms with E-state index in [9.17, 15) is 19.2 Å². The number of aliphatic hydroxyl groups is 2. The zero-order valence-electron chi connectivity index (χ0n) is 18.0. The molecular weight excluding hydrogens is 424 g/mol. The molecule has 0 saturated heterocycles. The molecule has 0 spiro atoms. The van der Waals surface area contributed by atoms with E-state index in [0.29, 0.717) is 50.0 Å². The molecule has 32 heavy (non-hydrogen) atoms. The van der Waals surface area contributed by atoms with Crippen molar-refractivity contribution >= 4 is 23.9 Å². The van der Waals surface area contributed by atoms with Gasteiger partial charge in [-0.1, -0.05) is 0 Å². The molecule has 0 atom stereocenters. The summed E-state index contributed by atoms with van der Waals surface area (Å²) in [4.78, 5) is 42.8. The van der Waals surface area contributed by atoms with Crippen LogP contribution in [0, 0.1) is 0 Å². The molecule has 0 amide bonds. The van der Waals surface area contributed by atoms with Crippen molar-refractivity contribution in [2.24, 2.45) is 0 Å². The van der Waals surface area contributed by atoms with Crippen LogP contribution < -0.4 is 0 Å². The molecule has 180 valence electrons. The number of fused-ring (bicyclic) bond motifs is 9. The molecule has 0 aromatic heterocycles. The van der Waals surface area contributed by atoms with Crippen molar-refractivity contribution in [1.29, 1.82) is 0 Å². The Morgan fingerprint density at radius 2 is 1.03 bits per heavy atom. The summed E-state index contributed by atoms with van der Waals surface area (Å²) in [7, 11) is 0. The molecule has 2 aliphatic rings. The maximum atomic E-state index is 11.5. The smallest absolute Gasteiger partial charge is 0.338 e. The second kappa shape index (κ2) is 18.8. The fraction of sp³-hybridized carbons (Fsp3) is 0.545. The standard InChI is InChI=1S/C12H12O4.C6H10O4.C4H10O2/c13-11-9-3-5-10(6-4-9)12(14)16-8-2-1-7-15-11;7-5(8)3-1-2-4-6(9)10;5-3-1-2-4-6/h3-6H,1-2,7-8H2;1-4H2,(H,7,8)(H,9,10);5-6H,1-4H2. The first kappa shape index (κ1) is 29.0. The molecule has 0 aliphatic carbocycles. The predicted molar refractivity (Wildman–Crippen MR) is 113 cm³/mol. The summed E-state index contributed by atoms with van der Waals surface area (Å²) >= 11 is 0. The monoisotopic (exact) mass is 456 g/mol. The highest BCUT2D eigenvalue weighted by Gasteiger charge is 2.12. The third-order valence-electron chi connectivity index (χ3n) is 3.96. The van der Waals surface area contributed by atoms with Crippen LogP contribution in [0.1, 0.15) is 72.1 Å². The number of benzene rings is 1. The summed E-state index contributed by atoms with van der Waals surface area (Å²) in [5.74, 6) is -2.43. The molecule has 0 saturated carbocycles. The summed E-state index contributed by atoms with van der Waals surface area (Å²) in [5.41, 5.74) is 0.911. The quantitative estimate of drug-likeness (QED) is 0.336. The number of unbranched alkanes of at least 4 members (excludes halogenated alkanes) is 2. The normalized spacial score (nSPS) is 13.1. The molecule has 2 heterocycles. The molecule has 3 rings (SSSR count). The topological polar surface area (TPSA) is 168 Å². The highest BCUT2D eigenvalue weighted by atomic mass is 16.5. The number of ether oxygens (including phenoxy) is 2. The van der Waals surface area contributed by atoms with Gasteiger partial charge in [0.15, 0.2) is 0 Å². The van der Waals surface area contributed by atoms with Crippen molar-refractivity contribution < 1.29 is 49.1 Å². The van der Waals surface area contributed by atoms with Gasteiger partial charge in [0.05, 0.1) is 24.3 Å². The Bertz CT molecular complexity index is 625. The number of hydrogen-bond donors (Lipinski definition) is 4. The molecule has 0 unspecified atom stereocenters. The van der Waals surface area contributed by atoms with Crippen LogP contribution in [0.4, 0.5) is 0 Å². The Hall–Kier alpha value is -2.98. The van der Waals surface area contributed by atoms with Gasteiger partial charge in [0.1, 0.15) is 0 Å². The van der Waals surface area contributed by atoms with Crippen LogP contribution in [0.15, 0.2) is 24.3 Å². The van der Waals surface area contributed by atoms with Gasteiger partial charge in [-0.2, -0.15) is 0 Å². The molecule has 10 nitrogen and oxygen atoms in total. The lowest BCUT2D eigenvalue weighted by Gasteiger charge is -2.09. The average molecular weight is 456 g/mol. The first-order valence-electron chi connectivity index (χ1n) is 10.4. The second-order valence-corrected chi connectivity index (χ2v) is 6.71. The number of carboxylic acids is 2. The molecule has 0 fully saturated rings. The third-order valence-corrected chi connectivity index (χ3v) is 3.96. The van der Waals surface area contributed by atoms with E-state index < -0.39 is 11.9 Å². The Morgan fingerprint density at radius 1 is 0.688 bits per heavy atom. The van der Waals surface area contributed by atoms with Crippen molar-refractivity contribution in [3.63, 3.8) is 0 Å². The summed E-state index contributed by atoms with van der Waals surface area (Å²) in [5, 5.41) is 32.4. The molecule has 4 N–H and O–H groups in total. The van der Waals surface area contributed by atoms with Crippen LogP contribution in [-0.2, 0) is 19.1 Å². The SMILES string of the molecule is O=C(O)CCCCC(=O)O.O=C1OCCCCOC(=O)c2ccc1cc2.OCCCCO. The number of esters is 2. The molecule has 2 aliphatic heterocycles. The van der Waals surface area contributed by atoms with Crippen molar-refractivity contribution in [3.05, 3.63) is 35.4 Å². The lowest BCUT2D eigenvalue weighted by molar-refractivity contribution is -0.139. The fourth-order valence-corrected chi connectivity index (χ4v) is 2.22. The second-order valence-electron chi connectivity index (χ2n) is 6.71. The molecule has 1 aromatic carbocycles. The van der Waals surface area contributed by atoms with E-state index in [4.69, 9.17) is 29.9 Å². The minimum absolute atomic E-state index is 0.0628. The van der Waals surface area contributed by atoms with E-state index in [1.165, 1.54) is 0 Å². The summed E-state index contributed by atoms with van der Waals surface area (Å²) in [6.07, 6.45) is 3.86. The first-order chi connectivity index (χ1) is 15.3. The molecule has 0 radical (unpaired) electrons. The number of carbonyl (C=O) groups excluding carboxylic acids is 2. The summed E-state index contributed by atoms with van der Waals surface area (Å²) < 4.78 is 10.1. The zero-order valence-corrected chi connectivity index (χ0v) is 18.0. The Kier molecular flexibility index (Phi) is 17.0. The Morgan fingerprint density at radius 3 is 1.31 bits per heavy atom. The number of hydrogen-bond acceptors (Lipinski definition) is 8. The third kappa shape index (κ3) is 15.8. The van der Waals surface area contributed by atoms with Gasteiger partial charge >= 0.3 is 23.9 Å². The Labute approximate surface area is 186 Å². The molecular formula is C22H32O10. The van der Waals surface area contributed by atoms with Crippen molar-refractivity contribution in [2.75, 3.05) is 26.4 Å². The van der Waals surface area contributed by atoms with Crippen molar-refractivity contribution in [1.82, 2.24) is 0 Å². The van der Waals surface area contributed by atoms with Crippen LogP contribution in [0.3, 0.4) is 0 Å². The van der Waals surface area contributed by atoms with E-state index in [-0.39, 0.29) is 38.0 Å². The van der Waals surface area contributed by atoms with Crippen LogP contribution in [0.5, 0.6) is 0 Å². The van der Waals surface area contributed by atoms with E-state index in [2.05, 4.69) is 0 Å². The van der Waals surface area contributed by atoms with Crippen LogP contribution in [0.2, 0.25) is 0 Å². The summed E-state index contributed by atoms with van der Waals surface area (Å²) in [6, 6.07) is 6.28. The van der Waals surface area contributed by atoms with Gasteiger partial charge in [-0.05, 0) is 62.8 Å². The largest absolute Gasteiger partial charge is 0.481 e. The van der Waals surface area contributed by atoms with Crippen LogP contribution in [0.25, 0.3) is 0 Å². The number of carboxylic acid groups (broad SMARTS) is 2. The van der Waals surface area contributed by atoms with E-state index in [0.717, 1.165) is 12.8 Å². The highest BCUT2D eigenvalue weighted by molar-refractivity contribution is 5.93. The van der Waals surface area contributed by atoms with Crippen molar-refractivity contribution in [2.45, 2.75) is 51.4 Å². The first-order valence-corrected chi connectivity index (χ1v) is 10.4. The van der Waals surface area contributed by atoms with Gasteiger partial charge in [-0.15, -0.1) is 0 Å². The average Bonchev–Trinajstić information content (AvgIpc) is 2.77.